The van der Waals surface area contributed by atoms with Gasteiger partial charge in [-0.2, -0.15) is 0 Å². The highest BCUT2D eigenvalue weighted by molar-refractivity contribution is 7.18. The number of hydrogen-bond donors (Lipinski definition) is 1. The number of nitrogens with zero attached hydrogens (tertiary/aromatic N) is 1. The van der Waals surface area contributed by atoms with E-state index >= 15 is 0 Å². The first-order chi connectivity index (χ1) is 13.5. The second kappa shape index (κ2) is 8.88. The van der Waals surface area contributed by atoms with Gasteiger partial charge in [-0.15, -0.1) is 11.3 Å². The number of para-hydroxylation sites is 1. The van der Waals surface area contributed by atoms with Crippen molar-refractivity contribution in [2.24, 2.45) is 0 Å². The van der Waals surface area contributed by atoms with Crippen LogP contribution in [0.15, 0.2) is 30.3 Å². The van der Waals surface area contributed by atoms with Crippen LogP contribution in [-0.4, -0.2) is 49.5 Å². The van der Waals surface area contributed by atoms with Gasteiger partial charge in [-0.1, -0.05) is 18.2 Å². The van der Waals surface area contributed by atoms with Crippen molar-refractivity contribution in [1.82, 2.24) is 4.90 Å². The summed E-state index contributed by atoms with van der Waals surface area (Å²) in [6, 6.07) is 8.95. The van der Waals surface area contributed by atoms with Gasteiger partial charge in [0.15, 0.2) is 6.61 Å². The Kier molecular flexibility index (Phi) is 6.30. The average Bonchev–Trinajstić information content (AvgIpc) is 3.35. The zero-order chi connectivity index (χ0) is 20.1. The molecule has 0 bridgehead atoms. The number of nitrogens with one attached hydrogen (secondary N) is 1. The second-order valence-electron chi connectivity index (χ2n) is 6.40. The van der Waals surface area contributed by atoms with Crippen LogP contribution in [0.2, 0.25) is 0 Å². The molecule has 8 heteroatoms. The molecule has 2 aromatic rings. The van der Waals surface area contributed by atoms with Crippen molar-refractivity contribution < 1.29 is 23.9 Å². The number of carbonyl (C=O) groups excluding carboxylic acids is 3. The minimum absolute atomic E-state index is 0.119. The van der Waals surface area contributed by atoms with E-state index in [4.69, 9.17) is 9.47 Å². The summed E-state index contributed by atoms with van der Waals surface area (Å²) in [6.45, 7) is 2.89. The van der Waals surface area contributed by atoms with Gasteiger partial charge in [-0.25, -0.2) is 4.79 Å². The highest BCUT2D eigenvalue weighted by Gasteiger charge is 2.29. The lowest BCUT2D eigenvalue weighted by molar-refractivity contribution is -0.118. The summed E-state index contributed by atoms with van der Waals surface area (Å²) < 4.78 is 10.3. The Morgan fingerprint density at radius 2 is 1.82 bits per heavy atom. The Hall–Kier alpha value is -2.87. The van der Waals surface area contributed by atoms with Crippen molar-refractivity contribution in [2.75, 3.05) is 32.1 Å². The van der Waals surface area contributed by atoms with Crippen molar-refractivity contribution in [2.45, 2.75) is 19.8 Å². The Morgan fingerprint density at radius 3 is 2.46 bits per heavy atom. The minimum Gasteiger partial charge on any atom is -0.484 e. The molecule has 2 amide bonds. The van der Waals surface area contributed by atoms with Gasteiger partial charge in [0, 0.05) is 13.1 Å². The zero-order valence-corrected chi connectivity index (χ0v) is 16.6. The summed E-state index contributed by atoms with van der Waals surface area (Å²) in [4.78, 5) is 39.6. The number of benzene rings is 1. The van der Waals surface area contributed by atoms with E-state index in [2.05, 4.69) is 5.32 Å². The van der Waals surface area contributed by atoms with E-state index in [1.807, 2.05) is 18.2 Å². The second-order valence-corrected chi connectivity index (χ2v) is 7.42. The lowest BCUT2D eigenvalue weighted by atomic mass is 10.1. The first-order valence-electron chi connectivity index (χ1n) is 9.00. The topological polar surface area (TPSA) is 84.9 Å². The maximum absolute atomic E-state index is 12.8. The molecule has 0 atom stereocenters. The molecule has 1 aliphatic heterocycles. The Bertz CT molecular complexity index is 872. The molecule has 148 valence electrons. The van der Waals surface area contributed by atoms with Gasteiger partial charge in [0.1, 0.15) is 10.8 Å². The van der Waals surface area contributed by atoms with E-state index in [0.717, 1.165) is 24.2 Å². The van der Waals surface area contributed by atoms with Crippen LogP contribution >= 0.6 is 11.3 Å². The number of methoxy groups -OCH3 is 1. The predicted molar refractivity (Wildman–Crippen MR) is 106 cm³/mol. The van der Waals surface area contributed by atoms with Crippen LogP contribution in [0.3, 0.4) is 0 Å². The molecule has 1 saturated heterocycles. The molecule has 0 saturated carbocycles. The summed E-state index contributed by atoms with van der Waals surface area (Å²) >= 11 is 1.10. The van der Waals surface area contributed by atoms with Crippen LogP contribution in [0.25, 0.3) is 0 Å². The van der Waals surface area contributed by atoms with Crippen LogP contribution in [0, 0.1) is 6.92 Å². The van der Waals surface area contributed by atoms with Crippen LogP contribution < -0.4 is 10.1 Å². The maximum Gasteiger partial charge on any atom is 0.341 e. The molecule has 3 rings (SSSR count). The number of ether oxygens (including phenoxy) is 2. The molecule has 0 spiro atoms. The number of thiophene rings is 1. The van der Waals surface area contributed by atoms with E-state index in [1.165, 1.54) is 7.11 Å². The van der Waals surface area contributed by atoms with Crippen LogP contribution in [0.4, 0.5) is 5.00 Å². The van der Waals surface area contributed by atoms with E-state index in [1.54, 1.807) is 24.0 Å². The largest absolute Gasteiger partial charge is 0.484 e. The van der Waals surface area contributed by atoms with Gasteiger partial charge in [-0.05, 0) is 37.5 Å². The standard InChI is InChI=1S/C20H22N2O5S/c1-13-16(20(25)26-2)18(28-17(13)19(24)22-10-6-7-11-22)21-15(23)12-27-14-8-4-3-5-9-14/h3-5,8-9H,6-7,10-12H2,1-2H3,(H,21,23). The molecular weight excluding hydrogens is 380 g/mol. The molecular formula is C20H22N2O5S. The Balaban J connectivity index is 1.78. The summed E-state index contributed by atoms with van der Waals surface area (Å²) in [5.41, 5.74) is 0.733. The number of anilines is 1. The van der Waals surface area contributed by atoms with Crippen molar-refractivity contribution in [3.8, 4) is 5.75 Å². The fraction of sp³-hybridized carbons (Fsp3) is 0.350. The van der Waals surface area contributed by atoms with Crippen LogP contribution in [0.1, 0.15) is 38.4 Å². The number of rotatable bonds is 6. The summed E-state index contributed by atoms with van der Waals surface area (Å²) in [5.74, 6) is -0.562. The molecule has 1 N–H and O–H groups in total. The van der Waals surface area contributed by atoms with Crippen LogP contribution in [0.5, 0.6) is 5.75 Å². The van der Waals surface area contributed by atoms with Gasteiger partial charge < -0.3 is 19.7 Å². The summed E-state index contributed by atoms with van der Waals surface area (Å²) in [7, 11) is 1.27. The van der Waals surface area contributed by atoms with Gasteiger partial charge in [-0.3, -0.25) is 9.59 Å². The fourth-order valence-corrected chi connectivity index (χ4v) is 4.22. The van der Waals surface area contributed by atoms with Crippen molar-refractivity contribution >= 4 is 34.1 Å². The van der Waals surface area contributed by atoms with Gasteiger partial charge in [0.05, 0.1) is 17.6 Å². The molecule has 1 aromatic carbocycles. The lowest BCUT2D eigenvalue weighted by Gasteiger charge is -2.14. The molecule has 1 fully saturated rings. The van der Waals surface area contributed by atoms with Gasteiger partial charge in [0.25, 0.3) is 11.8 Å². The minimum atomic E-state index is -0.589. The highest BCUT2D eigenvalue weighted by atomic mass is 32.1. The Morgan fingerprint density at radius 1 is 1.14 bits per heavy atom. The molecule has 1 aliphatic rings. The third kappa shape index (κ3) is 4.33. The van der Waals surface area contributed by atoms with E-state index in [0.29, 0.717) is 34.3 Å². The monoisotopic (exact) mass is 402 g/mol. The van der Waals surface area contributed by atoms with Crippen LogP contribution in [-0.2, 0) is 9.53 Å². The summed E-state index contributed by atoms with van der Waals surface area (Å²) in [6.07, 6.45) is 1.95. The molecule has 0 aliphatic carbocycles. The lowest BCUT2D eigenvalue weighted by Crippen LogP contribution is -2.27. The molecule has 28 heavy (non-hydrogen) atoms. The third-order valence-corrected chi connectivity index (χ3v) is 5.69. The SMILES string of the molecule is COC(=O)c1c(NC(=O)COc2ccccc2)sc(C(=O)N2CCCC2)c1C. The predicted octanol–water partition coefficient (Wildman–Crippen LogP) is 3.10. The third-order valence-electron chi connectivity index (χ3n) is 4.49. The number of amides is 2. The van der Waals surface area contributed by atoms with E-state index in [9.17, 15) is 14.4 Å². The molecule has 2 heterocycles. The Labute approximate surface area is 167 Å². The average molecular weight is 402 g/mol. The van der Waals surface area contributed by atoms with E-state index in [-0.39, 0.29) is 18.1 Å². The van der Waals surface area contributed by atoms with E-state index < -0.39 is 11.9 Å². The van der Waals surface area contributed by atoms with Crippen molar-refractivity contribution in [3.05, 3.63) is 46.3 Å². The van der Waals surface area contributed by atoms with Gasteiger partial charge in [0.2, 0.25) is 0 Å². The van der Waals surface area contributed by atoms with Crippen molar-refractivity contribution in [1.29, 1.82) is 0 Å². The summed E-state index contributed by atoms with van der Waals surface area (Å²) in [5, 5.41) is 2.99. The number of esters is 1. The number of carbonyl (C=O) groups is 3. The normalized spacial score (nSPS) is 13.3. The maximum atomic E-state index is 12.8. The number of likely N-dealkylation sites (tertiary alicyclic amines) is 1. The van der Waals surface area contributed by atoms with Crippen molar-refractivity contribution in [3.63, 3.8) is 0 Å². The quantitative estimate of drug-likeness (QED) is 0.751. The van der Waals surface area contributed by atoms with Gasteiger partial charge >= 0.3 is 5.97 Å². The number of hydrogen-bond acceptors (Lipinski definition) is 6. The first kappa shape index (κ1) is 19.9. The highest BCUT2D eigenvalue weighted by Crippen LogP contribution is 2.35. The first-order valence-corrected chi connectivity index (χ1v) is 9.81. The molecule has 7 nitrogen and oxygen atoms in total. The molecule has 0 unspecified atom stereocenters. The molecule has 0 radical (unpaired) electrons. The molecule has 1 aromatic heterocycles. The zero-order valence-electron chi connectivity index (χ0n) is 15.8. The fourth-order valence-electron chi connectivity index (χ4n) is 3.05. The smallest absolute Gasteiger partial charge is 0.341 e.